The Morgan fingerprint density at radius 3 is 2.40 bits per heavy atom. The van der Waals surface area contributed by atoms with Crippen molar-refractivity contribution < 1.29 is 9.72 Å². The maximum Gasteiger partial charge on any atom is 0.227 e. The van der Waals surface area contributed by atoms with Gasteiger partial charge in [-0.2, -0.15) is 0 Å². The number of benzene rings is 1. The number of ketones is 1. The largest absolute Gasteiger partial charge is 0.294 e. The molecule has 1 aliphatic rings. The van der Waals surface area contributed by atoms with E-state index in [-0.39, 0.29) is 16.6 Å². The summed E-state index contributed by atoms with van der Waals surface area (Å²) in [5.74, 6) is -0.667. The van der Waals surface area contributed by atoms with Gasteiger partial charge in [-0.3, -0.25) is 14.9 Å². The molecule has 0 bridgehead atoms. The van der Waals surface area contributed by atoms with Crippen molar-refractivity contribution in [3.8, 4) is 0 Å². The van der Waals surface area contributed by atoms with Gasteiger partial charge in [0, 0.05) is 16.4 Å². The molecule has 78 valence electrons. The monoisotopic (exact) mass is 205 g/mol. The third-order valence-corrected chi connectivity index (χ3v) is 2.94. The van der Waals surface area contributed by atoms with Crippen molar-refractivity contribution in [1.29, 1.82) is 0 Å². The number of nitro groups is 1. The van der Waals surface area contributed by atoms with Crippen LogP contribution in [0.3, 0.4) is 0 Å². The normalized spacial score (nSPS) is 28.5. The first-order valence-corrected chi connectivity index (χ1v) is 4.85. The summed E-state index contributed by atoms with van der Waals surface area (Å²) >= 11 is 0. The summed E-state index contributed by atoms with van der Waals surface area (Å²) in [5.41, 5.74) is 0.568. The number of hydrogen-bond donors (Lipinski definition) is 0. The highest BCUT2D eigenvalue weighted by molar-refractivity contribution is 6.00. The maximum absolute atomic E-state index is 11.8. The maximum atomic E-state index is 11.8. The minimum atomic E-state index is -0.683. The molecule has 1 fully saturated rings. The minimum absolute atomic E-state index is 0.107. The average molecular weight is 205 g/mol. The molecule has 0 radical (unpaired) electrons. The third-order valence-electron chi connectivity index (χ3n) is 2.94. The molecule has 1 aromatic rings. The number of carbonyl (C=O) groups is 1. The van der Waals surface area contributed by atoms with E-state index in [2.05, 4.69) is 0 Å². The van der Waals surface area contributed by atoms with Crippen LogP contribution in [0.2, 0.25) is 0 Å². The second kappa shape index (κ2) is 3.46. The molecule has 0 N–H and O–H groups in total. The summed E-state index contributed by atoms with van der Waals surface area (Å²) in [7, 11) is 0. The van der Waals surface area contributed by atoms with Crippen LogP contribution >= 0.6 is 0 Å². The van der Waals surface area contributed by atoms with Crippen molar-refractivity contribution >= 4 is 5.78 Å². The topological polar surface area (TPSA) is 60.2 Å². The van der Waals surface area contributed by atoms with Crippen LogP contribution < -0.4 is 0 Å². The highest BCUT2D eigenvalue weighted by Crippen LogP contribution is 2.42. The fourth-order valence-corrected chi connectivity index (χ4v) is 1.95. The molecular formula is C11H11NO3. The van der Waals surface area contributed by atoms with Gasteiger partial charge in [0.2, 0.25) is 6.04 Å². The number of nitrogens with zero attached hydrogens (tertiary/aromatic N) is 1. The highest BCUT2D eigenvalue weighted by atomic mass is 16.6. The zero-order chi connectivity index (χ0) is 11.0. The van der Waals surface area contributed by atoms with Crippen LogP contribution in [0.1, 0.15) is 17.3 Å². The summed E-state index contributed by atoms with van der Waals surface area (Å²) in [6, 6.07) is 8.06. The number of carbonyl (C=O) groups excluding carboxylic acids is 1. The first kappa shape index (κ1) is 9.83. The predicted octanol–water partition coefficient (Wildman–Crippen LogP) is 1.78. The molecule has 1 aliphatic carbocycles. The van der Waals surface area contributed by atoms with Gasteiger partial charge in [-0.05, 0) is 0 Å². The Kier molecular flexibility index (Phi) is 2.26. The molecule has 3 unspecified atom stereocenters. The van der Waals surface area contributed by atoms with Gasteiger partial charge < -0.3 is 0 Å². The predicted molar refractivity (Wildman–Crippen MR) is 54.2 cm³/mol. The molecule has 0 heterocycles. The summed E-state index contributed by atoms with van der Waals surface area (Å²) in [4.78, 5) is 22.0. The zero-order valence-corrected chi connectivity index (χ0v) is 8.29. The smallest absolute Gasteiger partial charge is 0.227 e. The third kappa shape index (κ3) is 1.63. The van der Waals surface area contributed by atoms with Crippen LogP contribution in [0.25, 0.3) is 0 Å². The molecule has 3 atom stereocenters. The van der Waals surface area contributed by atoms with E-state index in [1.807, 2.05) is 6.07 Å². The quantitative estimate of drug-likeness (QED) is 0.429. The van der Waals surface area contributed by atoms with Crippen LogP contribution in [0.4, 0.5) is 0 Å². The fraction of sp³-hybridized carbons (Fsp3) is 0.364. The lowest BCUT2D eigenvalue weighted by Crippen LogP contribution is -2.10. The number of Topliss-reactive ketones (excluding diaryl/α,β-unsaturated/α-hetero) is 1. The van der Waals surface area contributed by atoms with Crippen molar-refractivity contribution in [2.24, 2.45) is 11.8 Å². The molecule has 1 saturated carbocycles. The van der Waals surface area contributed by atoms with Gasteiger partial charge in [0.1, 0.15) is 0 Å². The SMILES string of the molecule is CC1C(C(=O)c2ccccc2)C1[N+](=O)[O-]. The number of hydrogen-bond acceptors (Lipinski definition) is 3. The molecule has 0 aliphatic heterocycles. The van der Waals surface area contributed by atoms with Crippen LogP contribution in [-0.4, -0.2) is 16.7 Å². The minimum Gasteiger partial charge on any atom is -0.294 e. The summed E-state index contributed by atoms with van der Waals surface area (Å²) < 4.78 is 0. The Labute approximate surface area is 87.1 Å². The molecule has 0 amide bonds. The lowest BCUT2D eigenvalue weighted by molar-refractivity contribution is -0.500. The van der Waals surface area contributed by atoms with Crippen LogP contribution in [0, 0.1) is 22.0 Å². The van der Waals surface area contributed by atoms with Gasteiger partial charge in [0.15, 0.2) is 5.78 Å². The molecule has 4 nitrogen and oxygen atoms in total. The molecule has 15 heavy (non-hydrogen) atoms. The Balaban J connectivity index is 2.15. The van der Waals surface area contributed by atoms with E-state index in [0.29, 0.717) is 5.56 Å². The van der Waals surface area contributed by atoms with Crippen molar-refractivity contribution in [3.05, 3.63) is 46.0 Å². The van der Waals surface area contributed by atoms with Gasteiger partial charge in [-0.25, -0.2) is 0 Å². The Bertz CT molecular complexity index is 402. The Hall–Kier alpha value is -1.71. The Morgan fingerprint density at radius 2 is 1.93 bits per heavy atom. The van der Waals surface area contributed by atoms with Gasteiger partial charge in [-0.1, -0.05) is 37.3 Å². The van der Waals surface area contributed by atoms with Crippen molar-refractivity contribution in [2.45, 2.75) is 13.0 Å². The van der Waals surface area contributed by atoms with Gasteiger partial charge in [-0.15, -0.1) is 0 Å². The van der Waals surface area contributed by atoms with Gasteiger partial charge >= 0.3 is 0 Å². The van der Waals surface area contributed by atoms with Crippen LogP contribution in [-0.2, 0) is 0 Å². The first-order valence-electron chi connectivity index (χ1n) is 4.85. The zero-order valence-electron chi connectivity index (χ0n) is 8.29. The van der Waals surface area contributed by atoms with E-state index >= 15 is 0 Å². The second-order valence-electron chi connectivity index (χ2n) is 3.89. The van der Waals surface area contributed by atoms with E-state index in [4.69, 9.17) is 0 Å². The highest BCUT2D eigenvalue weighted by Gasteiger charge is 2.61. The average Bonchev–Trinajstić information content (AvgIpc) is 2.90. The molecular weight excluding hydrogens is 194 g/mol. The van der Waals surface area contributed by atoms with E-state index in [0.717, 1.165) is 0 Å². The lowest BCUT2D eigenvalue weighted by atomic mass is 10.1. The van der Waals surface area contributed by atoms with Gasteiger partial charge in [0.25, 0.3) is 0 Å². The second-order valence-corrected chi connectivity index (χ2v) is 3.89. The number of rotatable bonds is 3. The van der Waals surface area contributed by atoms with E-state index < -0.39 is 12.0 Å². The van der Waals surface area contributed by atoms with Crippen LogP contribution in [0.15, 0.2) is 30.3 Å². The summed E-state index contributed by atoms with van der Waals surface area (Å²) in [6.45, 7) is 1.75. The van der Waals surface area contributed by atoms with E-state index in [1.54, 1.807) is 31.2 Å². The van der Waals surface area contributed by atoms with Crippen molar-refractivity contribution in [2.75, 3.05) is 0 Å². The summed E-state index contributed by atoms with van der Waals surface area (Å²) in [5, 5.41) is 10.6. The molecule has 0 saturated heterocycles. The lowest BCUT2D eigenvalue weighted by Gasteiger charge is -1.96. The molecule has 4 heteroatoms. The van der Waals surface area contributed by atoms with Crippen LogP contribution in [0.5, 0.6) is 0 Å². The fourth-order valence-electron chi connectivity index (χ4n) is 1.95. The molecule has 0 spiro atoms. The first-order chi connectivity index (χ1) is 7.13. The standard InChI is InChI=1S/C11H11NO3/c1-7-9(10(7)12(14)15)11(13)8-5-3-2-4-6-8/h2-7,9-10H,1H3. The van der Waals surface area contributed by atoms with E-state index in [9.17, 15) is 14.9 Å². The molecule has 1 aromatic carbocycles. The Morgan fingerprint density at radius 1 is 1.33 bits per heavy atom. The molecule has 0 aromatic heterocycles. The summed E-state index contributed by atoms with van der Waals surface area (Å²) in [6.07, 6.45) is 0. The van der Waals surface area contributed by atoms with Crippen molar-refractivity contribution in [1.82, 2.24) is 0 Å². The van der Waals surface area contributed by atoms with Crippen molar-refractivity contribution in [3.63, 3.8) is 0 Å². The molecule has 2 rings (SSSR count). The van der Waals surface area contributed by atoms with Gasteiger partial charge in [0.05, 0.1) is 5.92 Å². The van der Waals surface area contributed by atoms with E-state index in [1.165, 1.54) is 0 Å².